The Morgan fingerprint density at radius 2 is 1.65 bits per heavy atom. The van der Waals surface area contributed by atoms with Gasteiger partial charge in [-0.25, -0.2) is 4.79 Å². The van der Waals surface area contributed by atoms with E-state index < -0.39 is 71.6 Å². The van der Waals surface area contributed by atoms with Crippen molar-refractivity contribution in [2.75, 3.05) is 0 Å². The van der Waals surface area contributed by atoms with Crippen LogP contribution in [-0.2, 0) is 9.53 Å². The zero-order chi connectivity index (χ0) is 24.9. The molecule has 2 aliphatic heterocycles. The second-order valence-electron chi connectivity index (χ2n) is 7.78. The number of hydrogen-bond donors (Lipinski definition) is 8. The molecule has 1 saturated heterocycles. The first-order valence-corrected chi connectivity index (χ1v) is 9.89. The number of ketones is 1. The Balaban J connectivity index is 1.66. The molecule has 2 aliphatic rings. The highest BCUT2D eigenvalue weighted by Gasteiger charge is 2.48. The fourth-order valence-electron chi connectivity index (χ4n) is 3.73. The second kappa shape index (κ2) is 8.53. The van der Waals surface area contributed by atoms with Gasteiger partial charge in [0.15, 0.2) is 34.9 Å². The van der Waals surface area contributed by atoms with Crippen molar-refractivity contribution in [2.45, 2.75) is 43.2 Å². The Morgan fingerprint density at radius 1 is 0.941 bits per heavy atom. The molecule has 13 nitrogen and oxygen atoms in total. The number of rotatable bonds is 4. The molecule has 0 aliphatic carbocycles. The number of carbonyl (C=O) groups excluding carboxylic acids is 1. The normalized spacial score (nSPS) is 28.6. The van der Waals surface area contributed by atoms with Crippen molar-refractivity contribution in [1.29, 1.82) is 0 Å². The van der Waals surface area contributed by atoms with Gasteiger partial charge in [0, 0.05) is 6.07 Å². The van der Waals surface area contributed by atoms with Crippen molar-refractivity contribution < 1.29 is 64.7 Å². The summed E-state index contributed by atoms with van der Waals surface area (Å²) in [5.41, 5.74) is -0.0511. The summed E-state index contributed by atoms with van der Waals surface area (Å²) >= 11 is 0. The molecule has 2 heterocycles. The van der Waals surface area contributed by atoms with Crippen LogP contribution in [0.15, 0.2) is 24.3 Å². The number of benzene rings is 2. The van der Waals surface area contributed by atoms with Gasteiger partial charge in [-0.3, -0.25) is 4.79 Å². The van der Waals surface area contributed by atoms with Crippen LogP contribution in [0.3, 0.4) is 0 Å². The first kappa shape index (κ1) is 23.4. The molecule has 182 valence electrons. The molecule has 0 amide bonds. The van der Waals surface area contributed by atoms with Crippen molar-refractivity contribution in [2.24, 2.45) is 0 Å². The number of aromatic hydroxyl groups is 4. The number of hydrogen-bond acceptors (Lipinski definition) is 12. The van der Waals surface area contributed by atoms with E-state index >= 15 is 0 Å². The summed E-state index contributed by atoms with van der Waals surface area (Å²) in [4.78, 5) is 23.9. The van der Waals surface area contributed by atoms with E-state index in [1.54, 1.807) is 0 Å². The molecule has 0 spiro atoms. The van der Waals surface area contributed by atoms with Gasteiger partial charge in [0.05, 0.1) is 6.42 Å². The molecule has 4 rings (SSSR count). The van der Waals surface area contributed by atoms with Crippen molar-refractivity contribution in [3.8, 4) is 34.5 Å². The summed E-state index contributed by atoms with van der Waals surface area (Å²) in [6.45, 7) is 0. The Kier molecular flexibility index (Phi) is 5.87. The van der Waals surface area contributed by atoms with Crippen LogP contribution in [0.4, 0.5) is 0 Å². The summed E-state index contributed by atoms with van der Waals surface area (Å²) in [7, 11) is 0. The predicted octanol–water partition coefficient (Wildman–Crippen LogP) is -0.514. The van der Waals surface area contributed by atoms with Gasteiger partial charge < -0.3 is 55.1 Å². The molecule has 0 radical (unpaired) electrons. The van der Waals surface area contributed by atoms with Crippen molar-refractivity contribution in [1.82, 2.24) is 0 Å². The summed E-state index contributed by atoms with van der Waals surface area (Å²) in [6.07, 6.45) is -11.0. The molecule has 34 heavy (non-hydrogen) atoms. The largest absolute Gasteiger partial charge is 0.504 e. The van der Waals surface area contributed by atoms with E-state index in [1.807, 2.05) is 0 Å². The molecule has 2 aromatic carbocycles. The summed E-state index contributed by atoms with van der Waals surface area (Å²) in [6, 6.07) is 4.76. The molecule has 0 bridgehead atoms. The molecule has 0 saturated carbocycles. The van der Waals surface area contributed by atoms with Crippen LogP contribution >= 0.6 is 0 Å². The minimum Gasteiger partial charge on any atom is -0.504 e. The number of ether oxygens (including phenoxy) is 3. The highest BCUT2D eigenvalue weighted by Crippen LogP contribution is 2.49. The van der Waals surface area contributed by atoms with Crippen molar-refractivity contribution in [3.05, 3.63) is 35.4 Å². The maximum Gasteiger partial charge on any atom is 0.335 e. The van der Waals surface area contributed by atoms with Crippen molar-refractivity contribution in [3.63, 3.8) is 0 Å². The Bertz CT molecular complexity index is 1150. The van der Waals surface area contributed by atoms with Gasteiger partial charge in [-0.15, -0.1) is 0 Å². The maximum atomic E-state index is 12.6. The van der Waals surface area contributed by atoms with E-state index in [1.165, 1.54) is 18.2 Å². The molecule has 0 aromatic heterocycles. The molecule has 13 heteroatoms. The van der Waals surface area contributed by atoms with E-state index in [-0.39, 0.29) is 23.5 Å². The molecule has 2 aromatic rings. The number of Topliss-reactive ketones (excluding diaryl/α,β-unsaturated/α-hetero) is 1. The van der Waals surface area contributed by atoms with Gasteiger partial charge in [-0.1, -0.05) is 6.07 Å². The monoisotopic (exact) mass is 480 g/mol. The Labute approximate surface area is 190 Å². The second-order valence-corrected chi connectivity index (χ2v) is 7.78. The van der Waals surface area contributed by atoms with Crippen molar-refractivity contribution >= 4 is 11.8 Å². The summed E-state index contributed by atoms with van der Waals surface area (Å²) in [5.74, 6) is -5.81. The Hall–Kier alpha value is -3.78. The lowest BCUT2D eigenvalue weighted by Crippen LogP contribution is -2.61. The van der Waals surface area contributed by atoms with Crippen LogP contribution in [-0.4, -0.2) is 83.3 Å². The SMILES string of the molecule is O=C1CC(c2ccc(O)c(O)c2)Oc2cc(O[C@@H]3O[C@H](C(=O)O)[C@@H](O)[C@H](O)[C@H]3O)c(O)c(O)c21. The number of phenols is 4. The number of aliphatic hydroxyl groups is 3. The van der Waals surface area contributed by atoms with Crippen LogP contribution in [0, 0.1) is 0 Å². The van der Waals surface area contributed by atoms with E-state index in [0.29, 0.717) is 5.56 Å². The average Bonchev–Trinajstić information content (AvgIpc) is 2.78. The smallest absolute Gasteiger partial charge is 0.335 e. The highest BCUT2D eigenvalue weighted by atomic mass is 16.7. The number of phenolic OH excluding ortho intramolecular Hbond substituents is 4. The maximum absolute atomic E-state index is 12.6. The zero-order valence-corrected chi connectivity index (χ0v) is 17.1. The first-order chi connectivity index (χ1) is 16.0. The van der Waals surface area contributed by atoms with Gasteiger partial charge >= 0.3 is 5.97 Å². The molecule has 6 atom stereocenters. The van der Waals surface area contributed by atoms with Crippen LogP contribution < -0.4 is 9.47 Å². The fourth-order valence-corrected chi connectivity index (χ4v) is 3.73. The highest BCUT2D eigenvalue weighted by molar-refractivity contribution is 6.03. The zero-order valence-electron chi connectivity index (χ0n) is 17.1. The summed E-state index contributed by atoms with van der Waals surface area (Å²) < 4.78 is 16.0. The lowest BCUT2D eigenvalue weighted by Gasteiger charge is -2.38. The van der Waals surface area contributed by atoms with Gasteiger partial charge in [-0.05, 0) is 17.7 Å². The van der Waals surface area contributed by atoms with E-state index in [4.69, 9.17) is 19.3 Å². The molecular weight excluding hydrogens is 460 g/mol. The molecule has 8 N–H and O–H groups in total. The van der Waals surface area contributed by atoms with Gasteiger partial charge in [0.1, 0.15) is 35.7 Å². The quantitative estimate of drug-likeness (QED) is 0.258. The molecular formula is C21H20O13. The number of aliphatic carboxylic acids is 1. The number of aliphatic hydroxyl groups excluding tert-OH is 3. The summed E-state index contributed by atoms with van der Waals surface area (Å²) in [5, 5.41) is 78.9. The third kappa shape index (κ3) is 3.90. The average molecular weight is 480 g/mol. The van der Waals surface area contributed by atoms with Crippen LogP contribution in [0.25, 0.3) is 0 Å². The third-order valence-corrected chi connectivity index (χ3v) is 5.55. The lowest BCUT2D eigenvalue weighted by atomic mass is 9.95. The van der Waals surface area contributed by atoms with Crippen LogP contribution in [0.2, 0.25) is 0 Å². The molecule has 1 fully saturated rings. The molecule has 1 unspecified atom stereocenters. The first-order valence-electron chi connectivity index (χ1n) is 9.89. The number of carboxylic acid groups (broad SMARTS) is 1. The van der Waals surface area contributed by atoms with Crippen LogP contribution in [0.5, 0.6) is 34.5 Å². The third-order valence-electron chi connectivity index (χ3n) is 5.55. The number of fused-ring (bicyclic) bond motifs is 1. The van der Waals surface area contributed by atoms with E-state index in [9.17, 15) is 45.3 Å². The van der Waals surface area contributed by atoms with E-state index in [0.717, 1.165) is 6.07 Å². The predicted molar refractivity (Wildman–Crippen MR) is 107 cm³/mol. The minimum absolute atomic E-state index is 0.250. The standard InChI is InChI=1S/C21H20O13/c22-7-2-1-6(3-8(7)23)10-4-9(24)13-11(32-10)5-12(14(25)15(13)26)33-21-18(29)16(27)17(28)19(34-21)20(30)31/h1-3,5,10,16-19,21-23,25-29H,4H2,(H,30,31)/t10?,16-,17-,18+,19-,21+/m0/s1. The van der Waals surface area contributed by atoms with Crippen LogP contribution in [0.1, 0.15) is 28.4 Å². The number of carbonyl (C=O) groups is 2. The fraction of sp³-hybridized carbons (Fsp3) is 0.333. The van der Waals surface area contributed by atoms with Gasteiger partial charge in [0.2, 0.25) is 12.0 Å². The Morgan fingerprint density at radius 3 is 2.29 bits per heavy atom. The lowest BCUT2D eigenvalue weighted by molar-refractivity contribution is -0.271. The van der Waals surface area contributed by atoms with Gasteiger partial charge in [0.25, 0.3) is 0 Å². The van der Waals surface area contributed by atoms with Gasteiger partial charge in [-0.2, -0.15) is 0 Å². The topological polar surface area (TPSA) is 224 Å². The van der Waals surface area contributed by atoms with E-state index in [2.05, 4.69) is 0 Å². The minimum atomic E-state index is -1.97. The number of carboxylic acids is 1.